The van der Waals surface area contributed by atoms with E-state index in [9.17, 15) is 24.0 Å². The Morgan fingerprint density at radius 3 is 2.26 bits per heavy atom. The van der Waals surface area contributed by atoms with Crippen LogP contribution in [-0.4, -0.2) is 97.9 Å². The molecule has 0 saturated carbocycles. The van der Waals surface area contributed by atoms with Gasteiger partial charge in [-0.2, -0.15) is 11.8 Å². The predicted molar refractivity (Wildman–Crippen MR) is 145 cm³/mol. The number of carbonyl (C=O) groups is 5. The van der Waals surface area contributed by atoms with E-state index in [1.807, 2.05) is 6.26 Å². The lowest BCUT2D eigenvalue weighted by molar-refractivity contribution is -0.141. The number of nitrogens with zero attached hydrogens (tertiary/aromatic N) is 1. The van der Waals surface area contributed by atoms with Crippen molar-refractivity contribution in [2.75, 3.05) is 45.3 Å². The van der Waals surface area contributed by atoms with Crippen LogP contribution in [0.3, 0.4) is 0 Å². The van der Waals surface area contributed by atoms with Gasteiger partial charge in [-0.15, -0.1) is 13.2 Å². The van der Waals surface area contributed by atoms with Crippen molar-refractivity contribution in [3.63, 3.8) is 0 Å². The summed E-state index contributed by atoms with van der Waals surface area (Å²) < 4.78 is 4.40. The number of rotatable bonds is 14. The third kappa shape index (κ3) is 12.6. The molecule has 0 aromatic carbocycles. The van der Waals surface area contributed by atoms with Gasteiger partial charge in [0.2, 0.25) is 23.6 Å². The number of thioether (sulfide) groups is 1. The molecule has 208 valence electrons. The Bertz CT molecular complexity index is 726. The summed E-state index contributed by atoms with van der Waals surface area (Å²) in [5.74, 6) is -1.68. The summed E-state index contributed by atoms with van der Waals surface area (Å²) >= 11 is 1.56. The quantitative estimate of drug-likeness (QED) is 0.193. The molecule has 0 aromatic heterocycles. The van der Waals surface area contributed by atoms with Gasteiger partial charge in [-0.05, 0) is 51.2 Å². The van der Waals surface area contributed by atoms with E-state index in [4.69, 9.17) is 0 Å². The molecule has 1 heterocycles. The van der Waals surface area contributed by atoms with E-state index in [0.29, 0.717) is 12.2 Å². The number of carbonyl (C=O) groups excluding carboxylic acids is 5. The molecule has 1 saturated heterocycles. The summed E-state index contributed by atoms with van der Waals surface area (Å²) in [6.45, 7) is 10.1. The highest BCUT2D eigenvalue weighted by Crippen LogP contribution is 2.21. The fourth-order valence-electron chi connectivity index (χ4n) is 3.44. The number of ether oxygens (including phenoxy) is 1. The van der Waals surface area contributed by atoms with Crippen molar-refractivity contribution in [2.24, 2.45) is 0 Å². The fourth-order valence-corrected chi connectivity index (χ4v) is 3.91. The van der Waals surface area contributed by atoms with Crippen molar-refractivity contribution in [3.8, 4) is 0 Å². The van der Waals surface area contributed by atoms with Crippen LogP contribution in [0.25, 0.3) is 0 Å². The Balaban J connectivity index is -0.000000626. The van der Waals surface area contributed by atoms with Crippen LogP contribution in [0.5, 0.6) is 0 Å². The Hall–Kier alpha value is -2.60. The largest absolute Gasteiger partial charge is 0.468 e. The summed E-state index contributed by atoms with van der Waals surface area (Å²) in [4.78, 5) is 62.3. The van der Waals surface area contributed by atoms with Crippen molar-refractivity contribution >= 4 is 41.4 Å². The van der Waals surface area contributed by atoms with E-state index >= 15 is 0 Å². The molecular formula is C23H49N5O6S. The van der Waals surface area contributed by atoms with E-state index in [1.165, 1.54) is 7.11 Å². The molecule has 4 N–H and O–H groups in total. The van der Waals surface area contributed by atoms with Gasteiger partial charge < -0.3 is 26.0 Å². The summed E-state index contributed by atoms with van der Waals surface area (Å²) in [6.07, 6.45) is 4.99. The van der Waals surface area contributed by atoms with Crippen LogP contribution in [0.2, 0.25) is 0 Å². The van der Waals surface area contributed by atoms with Gasteiger partial charge in [-0.1, -0.05) is 6.92 Å². The molecule has 1 aliphatic heterocycles. The smallest absolute Gasteiger partial charge is 0.325 e. The zero-order chi connectivity index (χ0) is 26.8. The van der Waals surface area contributed by atoms with Gasteiger partial charge in [0.05, 0.1) is 26.2 Å². The van der Waals surface area contributed by atoms with E-state index < -0.39 is 29.7 Å². The van der Waals surface area contributed by atoms with Crippen LogP contribution in [0.4, 0.5) is 0 Å². The number of hydrogen-bond acceptors (Lipinski definition) is 8. The van der Waals surface area contributed by atoms with Crippen LogP contribution in [-0.2, 0) is 28.7 Å². The predicted octanol–water partition coefficient (Wildman–Crippen LogP) is 0.795. The molecule has 4 amide bonds. The highest BCUT2D eigenvalue weighted by atomic mass is 32.2. The molecule has 0 bridgehead atoms. The molecule has 1 fully saturated rings. The molecule has 0 spiro atoms. The molecule has 1 unspecified atom stereocenters. The monoisotopic (exact) mass is 523 g/mol. The molecule has 3 atom stereocenters. The standard InChI is InChI=1S/C21H37N5O6S.C2H4.4H2/c1-5-14(2)26-9-6-7-16(26)21(31)25-15(8-10-33-4)20(30)24-12-18(28)22-11-17(27)23-13-19(29)32-3;1-2;;;;/h14-16H,5-13H2,1-4H3,(H,22,28)(H,23,27)(H,24,30)(H,25,31);1-2H2;4*1H/t14?,15-,16-;;;;;/m0...../s1. The minimum absolute atomic E-state index is 0. The number of nitrogens with one attached hydrogen (secondary N) is 4. The Morgan fingerprint density at radius 1 is 1.09 bits per heavy atom. The number of likely N-dealkylation sites (tertiary alicyclic amines) is 1. The maximum Gasteiger partial charge on any atom is 0.325 e. The van der Waals surface area contributed by atoms with Crippen molar-refractivity contribution in [3.05, 3.63) is 13.2 Å². The SMILES string of the molecule is C=C.CCC(C)N1CCC[C@H]1C(=O)N[C@@H](CCSC)C(=O)NCC(=O)NCC(=O)NCC(=O)OC.[HH].[HH].[HH].[HH]. The first-order chi connectivity index (χ1) is 16.7. The van der Waals surface area contributed by atoms with Gasteiger partial charge >= 0.3 is 5.97 Å². The summed E-state index contributed by atoms with van der Waals surface area (Å²) in [5, 5.41) is 10.0. The summed E-state index contributed by atoms with van der Waals surface area (Å²) in [6, 6.07) is -0.716. The lowest BCUT2D eigenvalue weighted by atomic mass is 10.1. The molecular weight excluding hydrogens is 474 g/mol. The van der Waals surface area contributed by atoms with Gasteiger partial charge in [-0.3, -0.25) is 28.9 Å². The third-order valence-corrected chi connectivity index (χ3v) is 6.17. The van der Waals surface area contributed by atoms with Crippen LogP contribution in [0.15, 0.2) is 13.2 Å². The topological polar surface area (TPSA) is 146 Å². The van der Waals surface area contributed by atoms with Crippen LogP contribution in [0, 0.1) is 0 Å². The highest BCUT2D eigenvalue weighted by molar-refractivity contribution is 7.98. The van der Waals surface area contributed by atoms with E-state index in [2.05, 4.69) is 57.9 Å². The first kappa shape index (κ1) is 32.4. The normalized spacial score (nSPS) is 16.6. The summed E-state index contributed by atoms with van der Waals surface area (Å²) in [7, 11) is 1.20. The van der Waals surface area contributed by atoms with Gasteiger partial charge in [0, 0.05) is 11.7 Å². The molecule has 12 heteroatoms. The van der Waals surface area contributed by atoms with E-state index in [0.717, 1.165) is 25.8 Å². The van der Waals surface area contributed by atoms with Crippen molar-refractivity contribution < 1.29 is 34.4 Å². The third-order valence-electron chi connectivity index (χ3n) is 5.52. The first-order valence-electron chi connectivity index (χ1n) is 11.7. The summed E-state index contributed by atoms with van der Waals surface area (Å²) in [5.41, 5.74) is 0. The lowest BCUT2D eigenvalue weighted by Crippen LogP contribution is -2.54. The Morgan fingerprint density at radius 2 is 1.69 bits per heavy atom. The maximum atomic E-state index is 12.9. The number of hydrogen-bond donors (Lipinski definition) is 4. The average molecular weight is 524 g/mol. The molecule has 11 nitrogen and oxygen atoms in total. The van der Waals surface area contributed by atoms with Gasteiger partial charge in [0.25, 0.3) is 0 Å². The maximum absolute atomic E-state index is 12.9. The molecule has 35 heavy (non-hydrogen) atoms. The number of methoxy groups -OCH3 is 1. The Kier molecular flexibility index (Phi) is 17.3. The molecule has 0 aromatic rings. The zero-order valence-corrected chi connectivity index (χ0v) is 22.1. The fraction of sp³-hybridized carbons (Fsp3) is 0.696. The van der Waals surface area contributed by atoms with Crippen molar-refractivity contribution in [1.82, 2.24) is 26.2 Å². The van der Waals surface area contributed by atoms with Gasteiger partial charge in [-0.25, -0.2) is 0 Å². The molecule has 0 aliphatic carbocycles. The lowest BCUT2D eigenvalue weighted by Gasteiger charge is -2.30. The van der Waals surface area contributed by atoms with Crippen molar-refractivity contribution in [1.29, 1.82) is 0 Å². The van der Waals surface area contributed by atoms with Gasteiger partial charge in [0.15, 0.2) is 0 Å². The highest BCUT2D eigenvalue weighted by Gasteiger charge is 2.34. The van der Waals surface area contributed by atoms with E-state index in [1.54, 1.807) is 11.8 Å². The van der Waals surface area contributed by atoms with Crippen LogP contribution >= 0.6 is 11.8 Å². The zero-order valence-electron chi connectivity index (χ0n) is 21.3. The second kappa shape index (κ2) is 18.7. The second-order valence-electron chi connectivity index (χ2n) is 7.84. The average Bonchev–Trinajstić information content (AvgIpc) is 3.37. The van der Waals surface area contributed by atoms with E-state index in [-0.39, 0.29) is 43.3 Å². The first-order valence-corrected chi connectivity index (χ1v) is 13.1. The molecule has 1 rings (SSSR count). The van der Waals surface area contributed by atoms with Gasteiger partial charge in [0.1, 0.15) is 12.6 Å². The van der Waals surface area contributed by atoms with Crippen LogP contribution in [0.1, 0.15) is 45.2 Å². The van der Waals surface area contributed by atoms with Crippen LogP contribution < -0.4 is 21.3 Å². The van der Waals surface area contributed by atoms with Crippen molar-refractivity contribution in [2.45, 2.75) is 57.7 Å². The molecule has 0 radical (unpaired) electrons. The minimum Gasteiger partial charge on any atom is -0.468 e. The minimum atomic E-state index is -0.750. The molecule has 1 aliphatic rings. The number of esters is 1. The number of amides is 4. The second-order valence-corrected chi connectivity index (χ2v) is 8.83. The Labute approximate surface area is 218 Å².